The lowest BCUT2D eigenvalue weighted by Crippen LogP contribution is -2.29. The number of carboxylic acid groups (broad SMARTS) is 2. The zero-order chi connectivity index (χ0) is 21.8. The van der Waals surface area contributed by atoms with Crippen molar-refractivity contribution >= 4 is 44.2 Å². The van der Waals surface area contributed by atoms with Crippen LogP contribution >= 0.6 is 11.3 Å². The average molecular weight is 430 g/mol. The number of rotatable bonds is 9. The molecule has 1 aromatic carbocycles. The lowest BCUT2D eigenvalue weighted by molar-refractivity contribution is -0.139. The van der Waals surface area contributed by atoms with Gasteiger partial charge in [0, 0.05) is 20.0 Å². The predicted molar refractivity (Wildman–Crippen MR) is 115 cm³/mol. The Morgan fingerprint density at radius 1 is 1.27 bits per heavy atom. The van der Waals surface area contributed by atoms with Crippen molar-refractivity contribution in [2.24, 2.45) is 0 Å². The fourth-order valence-corrected chi connectivity index (χ4v) is 3.98. The van der Waals surface area contributed by atoms with Crippen LogP contribution in [0.4, 0.5) is 10.0 Å². The maximum absolute atomic E-state index is 12.2. The third-order valence-corrected chi connectivity index (χ3v) is 5.67. The van der Waals surface area contributed by atoms with Crippen molar-refractivity contribution < 1.29 is 19.8 Å². The Morgan fingerprint density at radius 2 is 2.03 bits per heavy atom. The van der Waals surface area contributed by atoms with Gasteiger partial charge in [0.25, 0.3) is 5.56 Å². The standard InChI is InChI=1S/C20H22N4O5S/c1-11-21-14-4-3-12(9-13(14)19(27)22-11)10-24(2)17-7-6-16(30-17)23-15(20(28)29)5-8-18(25)26/h3-4,6-7,9,15,23H,5,8,10H2,1-2H3,(H,25,26)(H,28,29)(H,21,22,27). The molecule has 9 nitrogen and oxygen atoms in total. The third-order valence-electron chi connectivity index (χ3n) is 4.54. The van der Waals surface area contributed by atoms with E-state index in [0.29, 0.717) is 28.3 Å². The van der Waals surface area contributed by atoms with Crippen molar-refractivity contribution in [1.82, 2.24) is 9.97 Å². The summed E-state index contributed by atoms with van der Waals surface area (Å²) in [6.07, 6.45) is -0.232. The second kappa shape index (κ2) is 8.95. The fraction of sp³-hybridized carbons (Fsp3) is 0.300. The molecule has 1 atom stereocenters. The lowest BCUT2D eigenvalue weighted by Gasteiger charge is -2.17. The maximum Gasteiger partial charge on any atom is 0.326 e. The Hall–Kier alpha value is -3.40. The minimum absolute atomic E-state index is 0.00706. The van der Waals surface area contributed by atoms with Gasteiger partial charge < -0.3 is 25.4 Å². The molecule has 0 amide bonds. The first kappa shape index (κ1) is 21.3. The van der Waals surface area contributed by atoms with E-state index in [1.54, 1.807) is 13.0 Å². The van der Waals surface area contributed by atoms with Gasteiger partial charge in [0.05, 0.1) is 20.9 Å². The first-order valence-corrected chi connectivity index (χ1v) is 10.1. The summed E-state index contributed by atoms with van der Waals surface area (Å²) < 4.78 is 0. The van der Waals surface area contributed by atoms with Crippen molar-refractivity contribution in [2.75, 3.05) is 17.3 Å². The summed E-state index contributed by atoms with van der Waals surface area (Å²) >= 11 is 1.37. The molecule has 0 fully saturated rings. The van der Waals surface area contributed by atoms with E-state index in [-0.39, 0.29) is 18.4 Å². The number of anilines is 2. The number of carboxylic acids is 2. The van der Waals surface area contributed by atoms with Crippen LogP contribution in [-0.4, -0.2) is 45.2 Å². The largest absolute Gasteiger partial charge is 0.481 e. The van der Waals surface area contributed by atoms with Crippen LogP contribution in [0, 0.1) is 6.92 Å². The number of hydrogen-bond acceptors (Lipinski definition) is 7. The molecule has 0 radical (unpaired) electrons. The number of carbonyl (C=O) groups is 2. The molecular weight excluding hydrogens is 408 g/mol. The molecule has 0 aliphatic heterocycles. The van der Waals surface area contributed by atoms with Crippen LogP contribution in [0.5, 0.6) is 0 Å². The number of nitrogens with zero attached hydrogens (tertiary/aromatic N) is 2. The van der Waals surface area contributed by atoms with Crippen molar-refractivity contribution in [3.63, 3.8) is 0 Å². The number of aromatic amines is 1. The molecule has 158 valence electrons. The molecule has 4 N–H and O–H groups in total. The number of aliphatic carboxylic acids is 2. The Kier molecular flexibility index (Phi) is 6.36. The zero-order valence-electron chi connectivity index (χ0n) is 16.5. The number of H-pyrrole nitrogens is 1. The topological polar surface area (TPSA) is 136 Å². The minimum Gasteiger partial charge on any atom is -0.481 e. The molecule has 10 heteroatoms. The highest BCUT2D eigenvalue weighted by Crippen LogP contribution is 2.31. The molecule has 0 aliphatic carbocycles. The van der Waals surface area contributed by atoms with E-state index in [2.05, 4.69) is 15.3 Å². The van der Waals surface area contributed by atoms with E-state index in [9.17, 15) is 19.5 Å². The molecule has 0 bridgehead atoms. The molecule has 0 spiro atoms. The number of nitrogens with one attached hydrogen (secondary N) is 2. The predicted octanol–water partition coefficient (Wildman–Crippen LogP) is 2.66. The fourth-order valence-electron chi connectivity index (χ4n) is 3.06. The zero-order valence-corrected chi connectivity index (χ0v) is 17.3. The number of aryl methyl sites for hydroxylation is 1. The number of benzene rings is 1. The smallest absolute Gasteiger partial charge is 0.326 e. The molecule has 0 saturated carbocycles. The molecular formula is C20H22N4O5S. The van der Waals surface area contributed by atoms with E-state index >= 15 is 0 Å². The maximum atomic E-state index is 12.2. The van der Waals surface area contributed by atoms with Gasteiger partial charge in [-0.05, 0) is 43.2 Å². The van der Waals surface area contributed by atoms with E-state index in [4.69, 9.17) is 5.11 Å². The Labute approximate surface area is 176 Å². The van der Waals surface area contributed by atoms with E-state index in [1.165, 1.54) is 11.3 Å². The second-order valence-electron chi connectivity index (χ2n) is 6.96. The van der Waals surface area contributed by atoms with Gasteiger partial charge >= 0.3 is 11.9 Å². The highest BCUT2D eigenvalue weighted by molar-refractivity contribution is 7.20. The van der Waals surface area contributed by atoms with Crippen molar-refractivity contribution in [3.05, 3.63) is 52.1 Å². The summed E-state index contributed by atoms with van der Waals surface area (Å²) in [7, 11) is 1.90. The van der Waals surface area contributed by atoms with Crippen LogP contribution in [0.15, 0.2) is 35.1 Å². The Morgan fingerprint density at radius 3 is 2.73 bits per heavy atom. The Bertz CT molecular complexity index is 1140. The van der Waals surface area contributed by atoms with Crippen LogP contribution < -0.4 is 15.8 Å². The van der Waals surface area contributed by atoms with Gasteiger partial charge in [0.1, 0.15) is 11.9 Å². The summed E-state index contributed by atoms with van der Waals surface area (Å²) in [5.74, 6) is -1.56. The van der Waals surface area contributed by atoms with Gasteiger partial charge in [-0.15, -0.1) is 11.3 Å². The summed E-state index contributed by atoms with van der Waals surface area (Å²) in [6.45, 7) is 2.28. The molecule has 0 saturated heterocycles. The first-order valence-electron chi connectivity index (χ1n) is 9.24. The number of fused-ring (bicyclic) bond motifs is 1. The number of aromatic nitrogens is 2. The van der Waals surface area contributed by atoms with Crippen molar-refractivity contribution in [2.45, 2.75) is 32.4 Å². The molecule has 30 heavy (non-hydrogen) atoms. The molecule has 3 rings (SSSR count). The lowest BCUT2D eigenvalue weighted by atomic mass is 10.1. The first-order chi connectivity index (χ1) is 14.2. The van der Waals surface area contributed by atoms with E-state index in [0.717, 1.165) is 10.6 Å². The summed E-state index contributed by atoms with van der Waals surface area (Å²) in [5, 5.41) is 23.0. The van der Waals surface area contributed by atoms with Crippen LogP contribution in [0.2, 0.25) is 0 Å². The van der Waals surface area contributed by atoms with Crippen LogP contribution in [0.3, 0.4) is 0 Å². The van der Waals surface area contributed by atoms with Crippen LogP contribution in [0.1, 0.15) is 24.2 Å². The van der Waals surface area contributed by atoms with Crippen molar-refractivity contribution in [1.29, 1.82) is 0 Å². The normalized spacial score (nSPS) is 11.9. The molecule has 0 aliphatic rings. The molecule has 1 unspecified atom stereocenters. The van der Waals surface area contributed by atoms with Gasteiger partial charge in [0.2, 0.25) is 0 Å². The Balaban J connectivity index is 1.71. The SMILES string of the molecule is Cc1nc2ccc(CN(C)c3ccc(NC(CCC(=O)O)C(=O)O)s3)cc2c(=O)[nH]1. The minimum atomic E-state index is -1.09. The highest BCUT2D eigenvalue weighted by atomic mass is 32.1. The monoisotopic (exact) mass is 430 g/mol. The van der Waals surface area contributed by atoms with E-state index < -0.39 is 18.0 Å². The van der Waals surface area contributed by atoms with Crippen molar-refractivity contribution in [3.8, 4) is 0 Å². The highest BCUT2D eigenvalue weighted by Gasteiger charge is 2.19. The van der Waals surface area contributed by atoms with Gasteiger partial charge in [0.15, 0.2) is 0 Å². The van der Waals surface area contributed by atoms with Gasteiger partial charge in [-0.2, -0.15) is 0 Å². The van der Waals surface area contributed by atoms with Gasteiger partial charge in [-0.1, -0.05) is 6.07 Å². The van der Waals surface area contributed by atoms with Crippen LogP contribution in [-0.2, 0) is 16.1 Å². The summed E-state index contributed by atoms with van der Waals surface area (Å²) in [5.41, 5.74) is 1.41. The van der Waals surface area contributed by atoms with E-state index in [1.807, 2.05) is 36.2 Å². The van der Waals surface area contributed by atoms with Crippen LogP contribution in [0.25, 0.3) is 10.9 Å². The van der Waals surface area contributed by atoms with Gasteiger partial charge in [-0.3, -0.25) is 9.59 Å². The molecule has 2 heterocycles. The average Bonchev–Trinajstić information content (AvgIpc) is 3.14. The number of thiophene rings is 1. The third kappa shape index (κ3) is 5.15. The summed E-state index contributed by atoms with van der Waals surface area (Å²) in [4.78, 5) is 43.3. The summed E-state index contributed by atoms with van der Waals surface area (Å²) in [6, 6.07) is 8.22. The molecule has 2 aromatic heterocycles. The molecule has 3 aromatic rings. The second-order valence-corrected chi connectivity index (χ2v) is 8.03. The number of hydrogen-bond donors (Lipinski definition) is 4. The van der Waals surface area contributed by atoms with Gasteiger partial charge in [-0.25, -0.2) is 9.78 Å². The quantitative estimate of drug-likeness (QED) is 0.407.